The van der Waals surface area contributed by atoms with Crippen LogP contribution in [0.3, 0.4) is 0 Å². The first-order valence-electron chi connectivity index (χ1n) is 16.6. The Labute approximate surface area is 289 Å². The van der Waals surface area contributed by atoms with Crippen LogP contribution in [0.5, 0.6) is 0 Å². The molecule has 0 bridgehead atoms. The lowest BCUT2D eigenvalue weighted by Gasteiger charge is -2.62. The van der Waals surface area contributed by atoms with Gasteiger partial charge in [-0.3, -0.25) is 0 Å². The minimum atomic E-state index is -4.30. The molecule has 0 spiro atoms. The molecular formula is C35H42F3N7O2S2. The molecule has 2 fully saturated rings. The van der Waals surface area contributed by atoms with E-state index in [0.717, 1.165) is 59.6 Å². The van der Waals surface area contributed by atoms with Gasteiger partial charge in [-0.2, -0.15) is 18.4 Å². The summed E-state index contributed by atoms with van der Waals surface area (Å²) >= 11 is 1.04. The molecule has 0 radical (unpaired) electrons. The van der Waals surface area contributed by atoms with Crippen molar-refractivity contribution in [3.63, 3.8) is 0 Å². The lowest BCUT2D eigenvalue weighted by atomic mass is 9.49. The van der Waals surface area contributed by atoms with E-state index in [1.807, 2.05) is 19.1 Å². The van der Waals surface area contributed by atoms with Gasteiger partial charge in [-0.25, -0.2) is 18.4 Å². The Bertz CT molecular complexity index is 2050. The van der Waals surface area contributed by atoms with Gasteiger partial charge in [0.25, 0.3) is 0 Å². The van der Waals surface area contributed by atoms with Crippen molar-refractivity contribution in [2.75, 3.05) is 37.8 Å². The van der Waals surface area contributed by atoms with Crippen molar-refractivity contribution in [2.24, 2.45) is 16.6 Å². The topological polar surface area (TPSA) is 128 Å². The Kier molecular flexibility index (Phi) is 7.59. The highest BCUT2D eigenvalue weighted by Gasteiger charge is 2.64. The predicted molar refractivity (Wildman–Crippen MR) is 185 cm³/mol. The molecule has 0 amide bonds. The summed E-state index contributed by atoms with van der Waals surface area (Å²) in [5, 5.41) is 14.3. The highest BCUT2D eigenvalue weighted by Crippen LogP contribution is 2.66. The molecule has 2 aliphatic carbocycles. The van der Waals surface area contributed by atoms with E-state index >= 15 is 0 Å². The number of likely N-dealkylation sites (tertiary alicyclic amines) is 1. The third-order valence-electron chi connectivity index (χ3n) is 11.8. The van der Waals surface area contributed by atoms with Gasteiger partial charge in [0.2, 0.25) is 0 Å². The van der Waals surface area contributed by atoms with Gasteiger partial charge in [-0.1, -0.05) is 25.5 Å². The van der Waals surface area contributed by atoms with Gasteiger partial charge in [0.05, 0.1) is 27.8 Å². The van der Waals surface area contributed by atoms with E-state index in [2.05, 4.69) is 58.8 Å². The number of nitrogens with two attached hydrogens (primary N) is 1. The van der Waals surface area contributed by atoms with Gasteiger partial charge >= 0.3 is 6.18 Å². The molecular weight excluding hydrogens is 672 g/mol. The second-order valence-corrected chi connectivity index (χ2v) is 18.4. The zero-order valence-corrected chi connectivity index (χ0v) is 30.3. The molecule has 2 saturated heterocycles. The summed E-state index contributed by atoms with van der Waals surface area (Å²) in [6.07, 6.45) is 3.47. The number of aromatic nitrogens is 2. The molecule has 5 aliphatic rings. The van der Waals surface area contributed by atoms with Crippen molar-refractivity contribution < 1.29 is 21.6 Å². The largest absolute Gasteiger partial charge is 0.393 e. The van der Waals surface area contributed by atoms with Gasteiger partial charge in [0.15, 0.2) is 9.84 Å². The van der Waals surface area contributed by atoms with Gasteiger partial charge in [-0.15, -0.1) is 11.3 Å². The Balaban J connectivity index is 1.20. The maximum absolute atomic E-state index is 13.4. The summed E-state index contributed by atoms with van der Waals surface area (Å²) in [6.45, 7) is 13.1. The van der Waals surface area contributed by atoms with Gasteiger partial charge in [0, 0.05) is 54.2 Å². The highest BCUT2D eigenvalue weighted by atomic mass is 32.2. The number of sulfone groups is 1. The number of thiophene rings is 1. The zero-order chi connectivity index (χ0) is 35.5. The SMILES string of the molecule is CC1=C2C=C(C#N)N3CCC4(C)C=C(S(C)(=O)=O)C(C)(N)C(=C4C23C)C1(C)CN1CCC(Nc2ncnc3sc(CC(F)(F)F)cc23)CC1. The third-order valence-corrected chi connectivity index (χ3v) is 14.2. The predicted octanol–water partition coefficient (Wildman–Crippen LogP) is 5.86. The van der Waals surface area contributed by atoms with E-state index in [4.69, 9.17) is 5.73 Å². The summed E-state index contributed by atoms with van der Waals surface area (Å²) in [6, 6.07) is 4.02. The number of nitrogens with zero attached hydrogens (tertiary/aromatic N) is 5. The number of nitrogens with one attached hydrogen (secondary N) is 1. The fourth-order valence-corrected chi connectivity index (χ4v) is 12.0. The number of allylic oxidation sites excluding steroid dienone is 2. The smallest absolute Gasteiger partial charge is 0.367 e. The van der Waals surface area contributed by atoms with Crippen molar-refractivity contribution in [1.29, 1.82) is 5.26 Å². The number of alkyl halides is 3. The normalized spacial score (nSPS) is 32.3. The summed E-state index contributed by atoms with van der Waals surface area (Å²) in [5.74, 6) is 0.544. The standard InChI is InChI=1S/C35H42F3N7O2S2/c1-20-25-13-22(17-39)45-12-9-31(2)16-26(49(6,46)47)33(4,40)28(27(31)34(25,45)5)32(20,3)18-44-10-7-21(8-11-44)43-29-24-14-23(15-35(36,37)38)48-30(24)42-19-41-29/h13-14,16,19,21H,7-12,15,18,40H2,1-6H3,(H,41,42,43). The van der Waals surface area contributed by atoms with Crippen molar-refractivity contribution >= 4 is 37.2 Å². The molecule has 3 N–H and O–H groups in total. The number of hydrogen-bond donors (Lipinski definition) is 2. The van der Waals surface area contributed by atoms with Crippen molar-refractivity contribution in [2.45, 2.75) is 83.6 Å². The van der Waals surface area contributed by atoms with Crippen molar-refractivity contribution in [3.8, 4) is 6.07 Å². The van der Waals surface area contributed by atoms with Crippen LogP contribution in [-0.4, -0.2) is 83.9 Å². The van der Waals surface area contributed by atoms with E-state index in [9.17, 15) is 26.9 Å². The molecule has 0 aromatic carbocycles. The Morgan fingerprint density at radius 1 is 1.14 bits per heavy atom. The molecule has 262 valence electrons. The number of nitriles is 1. The summed E-state index contributed by atoms with van der Waals surface area (Å²) in [4.78, 5) is 14.1. The van der Waals surface area contributed by atoms with Gasteiger partial charge < -0.3 is 20.9 Å². The first-order chi connectivity index (χ1) is 22.7. The lowest BCUT2D eigenvalue weighted by molar-refractivity contribution is -0.126. The first kappa shape index (κ1) is 34.2. The average molecular weight is 714 g/mol. The van der Waals surface area contributed by atoms with Crippen LogP contribution in [-0.2, 0) is 16.3 Å². The number of fused-ring (bicyclic) bond motifs is 1. The molecule has 0 saturated carbocycles. The first-order valence-corrected chi connectivity index (χ1v) is 19.3. The Morgan fingerprint density at radius 3 is 2.47 bits per heavy atom. The van der Waals surface area contributed by atoms with Crippen LogP contribution in [0.1, 0.15) is 58.8 Å². The molecule has 14 heteroatoms. The summed E-state index contributed by atoms with van der Waals surface area (Å²) in [7, 11) is -3.65. The molecule has 3 aliphatic heterocycles. The number of anilines is 1. The zero-order valence-electron chi connectivity index (χ0n) is 28.6. The van der Waals surface area contributed by atoms with Gasteiger partial charge in [0.1, 0.15) is 28.7 Å². The molecule has 5 heterocycles. The van der Waals surface area contributed by atoms with Crippen LogP contribution in [0.4, 0.5) is 19.0 Å². The number of halogens is 3. The van der Waals surface area contributed by atoms with Crippen molar-refractivity contribution in [1.82, 2.24) is 19.8 Å². The minimum Gasteiger partial charge on any atom is -0.367 e. The fourth-order valence-electron chi connectivity index (χ4n) is 9.65. The average Bonchev–Trinajstić information content (AvgIpc) is 3.54. The maximum Gasteiger partial charge on any atom is 0.393 e. The molecule has 2 aromatic heterocycles. The minimum absolute atomic E-state index is 0.0598. The number of hydrogen-bond acceptors (Lipinski definition) is 10. The maximum atomic E-state index is 13.4. The second-order valence-electron chi connectivity index (χ2n) is 15.3. The number of rotatable bonds is 6. The lowest BCUT2D eigenvalue weighted by Crippen LogP contribution is -2.64. The van der Waals surface area contributed by atoms with Crippen LogP contribution < -0.4 is 11.1 Å². The molecule has 7 rings (SSSR count). The quantitative estimate of drug-likeness (QED) is 0.354. The van der Waals surface area contributed by atoms with E-state index < -0.39 is 44.3 Å². The molecule has 49 heavy (non-hydrogen) atoms. The third kappa shape index (κ3) is 5.17. The summed E-state index contributed by atoms with van der Waals surface area (Å²) < 4.78 is 66.0. The van der Waals surface area contributed by atoms with Gasteiger partial charge in [-0.05, 0) is 68.9 Å². The Hall–Kier alpha value is -3.25. The molecule has 4 atom stereocenters. The Morgan fingerprint density at radius 2 is 1.84 bits per heavy atom. The van der Waals surface area contributed by atoms with E-state index in [0.29, 0.717) is 41.2 Å². The van der Waals surface area contributed by atoms with Crippen LogP contribution >= 0.6 is 11.3 Å². The van der Waals surface area contributed by atoms with Crippen molar-refractivity contribution in [3.05, 3.63) is 62.3 Å². The summed E-state index contributed by atoms with van der Waals surface area (Å²) in [5.41, 5.74) is 9.03. The van der Waals surface area contributed by atoms with E-state index in [1.165, 1.54) is 18.6 Å². The van der Waals surface area contributed by atoms with Crippen LogP contribution in [0.15, 0.2) is 57.4 Å². The molecule has 9 nitrogen and oxygen atoms in total. The monoisotopic (exact) mass is 713 g/mol. The van der Waals surface area contributed by atoms with E-state index in [1.54, 1.807) is 0 Å². The molecule has 2 aromatic rings. The van der Waals surface area contributed by atoms with Crippen LogP contribution in [0.2, 0.25) is 0 Å². The van der Waals surface area contributed by atoms with Crippen LogP contribution in [0.25, 0.3) is 10.2 Å². The second kappa shape index (κ2) is 10.9. The highest BCUT2D eigenvalue weighted by molar-refractivity contribution is 7.94. The number of piperidine rings is 2. The van der Waals surface area contributed by atoms with E-state index in [-0.39, 0.29) is 15.8 Å². The van der Waals surface area contributed by atoms with Crippen LogP contribution in [0, 0.1) is 22.2 Å². The molecule has 4 unspecified atom stereocenters. The fraction of sp³-hybridized carbons (Fsp3) is 0.571.